The van der Waals surface area contributed by atoms with E-state index >= 15 is 0 Å². The van der Waals surface area contributed by atoms with Crippen molar-refractivity contribution in [3.63, 3.8) is 0 Å². The minimum absolute atomic E-state index is 0.202. The zero-order valence-corrected chi connectivity index (χ0v) is 16.5. The van der Waals surface area contributed by atoms with Gasteiger partial charge in [-0.1, -0.05) is 0 Å². The molecule has 6 nitrogen and oxygen atoms in total. The summed E-state index contributed by atoms with van der Waals surface area (Å²) in [6, 6.07) is 2.11. The Morgan fingerprint density at radius 1 is 1.36 bits per heavy atom. The maximum Gasteiger partial charge on any atom is 0.410 e. The zero-order chi connectivity index (χ0) is 18.3. The zero-order valence-electron chi connectivity index (χ0n) is 15.7. The van der Waals surface area contributed by atoms with Crippen LogP contribution in [0.3, 0.4) is 0 Å². The first-order valence-corrected chi connectivity index (χ1v) is 9.75. The number of guanidine groups is 1. The molecular formula is C18H30N4O2S. The topological polar surface area (TPSA) is 66.0 Å². The minimum Gasteiger partial charge on any atom is -0.444 e. The molecule has 0 aliphatic carbocycles. The summed E-state index contributed by atoms with van der Waals surface area (Å²) >= 11 is 1.70. The van der Waals surface area contributed by atoms with Gasteiger partial charge in [0.15, 0.2) is 5.96 Å². The predicted molar refractivity (Wildman–Crippen MR) is 103 cm³/mol. The second-order valence-corrected chi connectivity index (χ2v) is 8.13. The molecule has 1 amide bonds. The van der Waals surface area contributed by atoms with Gasteiger partial charge in [0.05, 0.1) is 0 Å². The highest BCUT2D eigenvalue weighted by Crippen LogP contribution is 2.19. The Hall–Kier alpha value is -1.76. The summed E-state index contributed by atoms with van der Waals surface area (Å²) < 4.78 is 5.44. The van der Waals surface area contributed by atoms with Crippen molar-refractivity contribution in [3.05, 3.63) is 22.4 Å². The highest BCUT2D eigenvalue weighted by molar-refractivity contribution is 7.07. The van der Waals surface area contributed by atoms with Crippen molar-refractivity contribution in [1.82, 2.24) is 15.5 Å². The molecule has 1 aromatic heterocycles. The van der Waals surface area contributed by atoms with Crippen LogP contribution in [-0.4, -0.2) is 49.2 Å². The van der Waals surface area contributed by atoms with Crippen molar-refractivity contribution < 1.29 is 9.53 Å². The standard InChI is InChI=1S/C18H30N4O2S/c1-18(2,3)24-17(23)22-8-5-14(6-9-22)11-20-16(19-4)21-12-15-7-10-25-13-15/h7,10,13-14H,5-6,8-9,11-12H2,1-4H3,(H2,19,20,21). The van der Waals surface area contributed by atoms with Gasteiger partial charge in [0.1, 0.15) is 5.60 Å². The average molecular weight is 367 g/mol. The van der Waals surface area contributed by atoms with Crippen LogP contribution in [0.4, 0.5) is 4.79 Å². The molecule has 2 N–H and O–H groups in total. The third kappa shape index (κ3) is 6.94. The summed E-state index contributed by atoms with van der Waals surface area (Å²) in [5.41, 5.74) is 0.828. The molecule has 2 rings (SSSR count). The van der Waals surface area contributed by atoms with Gasteiger partial charge in [-0.2, -0.15) is 11.3 Å². The molecule has 1 saturated heterocycles. The second-order valence-electron chi connectivity index (χ2n) is 7.35. The minimum atomic E-state index is -0.434. The largest absolute Gasteiger partial charge is 0.444 e. The first-order chi connectivity index (χ1) is 11.9. The molecule has 25 heavy (non-hydrogen) atoms. The summed E-state index contributed by atoms with van der Waals surface area (Å²) in [5.74, 6) is 1.36. The fourth-order valence-electron chi connectivity index (χ4n) is 2.69. The molecule has 1 aliphatic rings. The number of carbonyl (C=O) groups is 1. The van der Waals surface area contributed by atoms with Gasteiger partial charge < -0.3 is 20.3 Å². The van der Waals surface area contributed by atoms with E-state index in [0.717, 1.165) is 45.0 Å². The number of aliphatic imine (C=N–C) groups is 1. The lowest BCUT2D eigenvalue weighted by Crippen LogP contribution is -2.45. The number of thiophene rings is 1. The summed E-state index contributed by atoms with van der Waals surface area (Å²) in [6.45, 7) is 8.85. The van der Waals surface area contributed by atoms with E-state index in [9.17, 15) is 4.79 Å². The van der Waals surface area contributed by atoms with E-state index in [0.29, 0.717) is 5.92 Å². The lowest BCUT2D eigenvalue weighted by molar-refractivity contribution is 0.0185. The second kappa shape index (κ2) is 9.08. The first kappa shape index (κ1) is 19.6. The Morgan fingerprint density at radius 2 is 2.08 bits per heavy atom. The molecular weight excluding hydrogens is 336 g/mol. The van der Waals surface area contributed by atoms with E-state index in [4.69, 9.17) is 4.74 Å². The van der Waals surface area contributed by atoms with E-state index < -0.39 is 5.60 Å². The van der Waals surface area contributed by atoms with E-state index in [1.165, 1.54) is 5.56 Å². The van der Waals surface area contributed by atoms with Crippen LogP contribution in [0.5, 0.6) is 0 Å². The number of hydrogen-bond acceptors (Lipinski definition) is 4. The van der Waals surface area contributed by atoms with E-state index in [1.54, 1.807) is 18.4 Å². The van der Waals surface area contributed by atoms with Crippen molar-refractivity contribution in [2.24, 2.45) is 10.9 Å². The highest BCUT2D eigenvalue weighted by atomic mass is 32.1. The van der Waals surface area contributed by atoms with Crippen LogP contribution in [0.1, 0.15) is 39.2 Å². The maximum atomic E-state index is 12.1. The van der Waals surface area contributed by atoms with Gasteiger partial charge in [-0.3, -0.25) is 4.99 Å². The Labute approximate surface area is 154 Å². The molecule has 7 heteroatoms. The molecule has 1 fully saturated rings. The normalized spacial score (nSPS) is 16.6. The third-order valence-electron chi connectivity index (χ3n) is 4.09. The van der Waals surface area contributed by atoms with Crippen LogP contribution in [0, 0.1) is 5.92 Å². The van der Waals surface area contributed by atoms with Crippen LogP contribution < -0.4 is 10.6 Å². The van der Waals surface area contributed by atoms with Crippen molar-refractivity contribution in [1.29, 1.82) is 0 Å². The van der Waals surface area contributed by atoms with Gasteiger partial charge in [0.25, 0.3) is 0 Å². The molecule has 0 bridgehead atoms. The lowest BCUT2D eigenvalue weighted by atomic mass is 9.97. The SMILES string of the molecule is CN=C(NCc1ccsc1)NCC1CCN(C(=O)OC(C)(C)C)CC1. The highest BCUT2D eigenvalue weighted by Gasteiger charge is 2.26. The molecule has 140 valence electrons. The smallest absolute Gasteiger partial charge is 0.410 e. The Kier molecular flexibility index (Phi) is 7.11. The molecule has 0 aromatic carbocycles. The number of carbonyl (C=O) groups excluding carboxylic acids is 1. The van der Waals surface area contributed by atoms with Crippen LogP contribution in [-0.2, 0) is 11.3 Å². The summed E-state index contributed by atoms with van der Waals surface area (Å²) in [5, 5.41) is 10.9. The van der Waals surface area contributed by atoms with Crippen molar-refractivity contribution in [2.45, 2.75) is 45.8 Å². The number of nitrogens with one attached hydrogen (secondary N) is 2. The number of amides is 1. The van der Waals surface area contributed by atoms with Crippen molar-refractivity contribution in [2.75, 3.05) is 26.7 Å². The van der Waals surface area contributed by atoms with Crippen molar-refractivity contribution in [3.8, 4) is 0 Å². The van der Waals surface area contributed by atoms with Crippen LogP contribution in [0.25, 0.3) is 0 Å². The Morgan fingerprint density at radius 3 is 2.64 bits per heavy atom. The number of piperidine rings is 1. The summed E-state index contributed by atoms with van der Waals surface area (Å²) in [7, 11) is 1.79. The molecule has 0 saturated carbocycles. The Balaban J connectivity index is 1.68. The van der Waals surface area contributed by atoms with Gasteiger partial charge in [-0.05, 0) is 61.9 Å². The number of rotatable bonds is 4. The van der Waals surface area contributed by atoms with Gasteiger partial charge in [0.2, 0.25) is 0 Å². The van der Waals surface area contributed by atoms with Gasteiger partial charge >= 0.3 is 6.09 Å². The van der Waals surface area contributed by atoms with Gasteiger partial charge in [-0.15, -0.1) is 0 Å². The van der Waals surface area contributed by atoms with Gasteiger partial charge in [0, 0.05) is 33.2 Å². The molecule has 0 spiro atoms. The van der Waals surface area contributed by atoms with E-state index in [-0.39, 0.29) is 6.09 Å². The number of likely N-dealkylation sites (tertiary alicyclic amines) is 1. The molecule has 1 aromatic rings. The molecule has 0 unspecified atom stereocenters. The van der Waals surface area contributed by atoms with Crippen LogP contribution >= 0.6 is 11.3 Å². The number of hydrogen-bond donors (Lipinski definition) is 2. The molecule has 2 heterocycles. The fraction of sp³-hybridized carbons (Fsp3) is 0.667. The molecule has 0 atom stereocenters. The predicted octanol–water partition coefficient (Wildman–Crippen LogP) is 3.06. The van der Waals surface area contributed by atoms with E-state index in [2.05, 4.69) is 32.5 Å². The number of nitrogens with zero attached hydrogens (tertiary/aromatic N) is 2. The molecule has 0 radical (unpaired) electrons. The monoisotopic (exact) mass is 366 g/mol. The first-order valence-electron chi connectivity index (χ1n) is 8.81. The quantitative estimate of drug-likeness (QED) is 0.635. The third-order valence-corrected chi connectivity index (χ3v) is 4.82. The lowest BCUT2D eigenvalue weighted by Gasteiger charge is -2.33. The summed E-state index contributed by atoms with van der Waals surface area (Å²) in [4.78, 5) is 18.2. The Bertz CT molecular complexity index is 558. The van der Waals surface area contributed by atoms with E-state index in [1.807, 2.05) is 25.7 Å². The van der Waals surface area contributed by atoms with Crippen LogP contribution in [0.2, 0.25) is 0 Å². The van der Waals surface area contributed by atoms with Crippen LogP contribution in [0.15, 0.2) is 21.8 Å². The average Bonchev–Trinajstić information content (AvgIpc) is 3.07. The van der Waals surface area contributed by atoms with Gasteiger partial charge in [-0.25, -0.2) is 4.79 Å². The summed E-state index contributed by atoms with van der Waals surface area (Å²) in [6.07, 6.45) is 1.76. The fourth-order valence-corrected chi connectivity index (χ4v) is 3.36. The van der Waals surface area contributed by atoms with Crippen molar-refractivity contribution >= 4 is 23.4 Å². The number of ether oxygens (including phenoxy) is 1. The maximum absolute atomic E-state index is 12.1. The molecule has 1 aliphatic heterocycles.